The van der Waals surface area contributed by atoms with E-state index in [9.17, 15) is 4.79 Å². The minimum absolute atomic E-state index is 0.0942. The van der Waals surface area contributed by atoms with Gasteiger partial charge in [-0.15, -0.1) is 11.8 Å². The first-order valence-electron chi connectivity index (χ1n) is 8.05. The molecule has 0 aromatic carbocycles. The van der Waals surface area contributed by atoms with Gasteiger partial charge in [0.25, 0.3) is 0 Å². The Morgan fingerprint density at radius 1 is 1.30 bits per heavy atom. The number of carbonyl (C=O) groups excluding carboxylic acids is 1. The van der Waals surface area contributed by atoms with E-state index in [1.54, 1.807) is 4.90 Å². The number of carbonyl (C=O) groups is 1. The summed E-state index contributed by atoms with van der Waals surface area (Å²) in [4.78, 5) is 26.6. The monoisotopic (exact) mass is 338 g/mol. The number of rotatable bonds is 6. The Labute approximate surface area is 141 Å². The van der Waals surface area contributed by atoms with Gasteiger partial charge in [0, 0.05) is 20.1 Å². The predicted octanol–water partition coefficient (Wildman–Crippen LogP) is 1.59. The molecule has 0 radical (unpaired) electrons. The molecule has 0 bridgehead atoms. The van der Waals surface area contributed by atoms with Gasteiger partial charge >= 0.3 is 0 Å². The summed E-state index contributed by atoms with van der Waals surface area (Å²) in [6.07, 6.45) is 5.90. The van der Waals surface area contributed by atoms with Crippen LogP contribution in [0.25, 0.3) is 0 Å². The molecule has 1 aromatic heterocycles. The average Bonchev–Trinajstić information content (AvgIpc) is 2.53. The summed E-state index contributed by atoms with van der Waals surface area (Å²) < 4.78 is 0. The number of hydrogen-bond donors (Lipinski definition) is 2. The van der Waals surface area contributed by atoms with E-state index in [0.717, 1.165) is 12.8 Å². The summed E-state index contributed by atoms with van der Waals surface area (Å²) >= 11 is 1.52. The van der Waals surface area contributed by atoms with Gasteiger partial charge in [-0.25, -0.2) is 0 Å². The smallest absolute Gasteiger partial charge is 0.233 e. The second-order valence-corrected chi connectivity index (χ2v) is 7.43. The zero-order valence-corrected chi connectivity index (χ0v) is 14.9. The van der Waals surface area contributed by atoms with Crippen LogP contribution in [0.1, 0.15) is 44.9 Å². The lowest BCUT2D eigenvalue weighted by atomic mass is 9.95. The highest BCUT2D eigenvalue weighted by atomic mass is 32.2. The first-order chi connectivity index (χ1) is 11.0. The lowest BCUT2D eigenvalue weighted by molar-refractivity contribution is -0.121. The van der Waals surface area contributed by atoms with E-state index in [1.807, 2.05) is 21.0 Å². The van der Waals surface area contributed by atoms with Crippen LogP contribution in [0.3, 0.4) is 0 Å². The molecule has 1 aromatic rings. The molecule has 3 N–H and O–H groups in total. The largest absolute Gasteiger partial charge is 0.368 e. The van der Waals surface area contributed by atoms with Crippen LogP contribution in [0.5, 0.6) is 0 Å². The standard InChI is InChI=1S/C15H26N6OS/c1-10(13(22)17-11-7-5-4-6-8-11)23-9-12-18-14(16)20-15(19-12)21(2)3/h10-11H,4-9H2,1-3H3,(H,17,22)(H2,16,18,19,20). The third-order valence-corrected chi connectivity index (χ3v) is 5.01. The molecule has 128 valence electrons. The Bertz CT molecular complexity index is 533. The third-order valence-electron chi connectivity index (χ3n) is 3.87. The Morgan fingerprint density at radius 2 is 2.00 bits per heavy atom. The molecule has 1 amide bonds. The first kappa shape index (κ1) is 17.8. The highest BCUT2D eigenvalue weighted by Gasteiger charge is 2.20. The van der Waals surface area contributed by atoms with E-state index in [1.165, 1.54) is 31.0 Å². The van der Waals surface area contributed by atoms with Gasteiger partial charge in [-0.1, -0.05) is 19.3 Å². The zero-order valence-electron chi connectivity index (χ0n) is 14.1. The van der Waals surface area contributed by atoms with Crippen molar-refractivity contribution < 1.29 is 4.79 Å². The lowest BCUT2D eigenvalue weighted by Gasteiger charge is -2.24. The molecule has 0 aliphatic heterocycles. The van der Waals surface area contributed by atoms with Crippen LogP contribution in [-0.4, -0.2) is 46.2 Å². The van der Waals surface area contributed by atoms with Crippen LogP contribution in [0.2, 0.25) is 0 Å². The summed E-state index contributed by atoms with van der Waals surface area (Å²) in [6.45, 7) is 1.92. The van der Waals surface area contributed by atoms with Gasteiger partial charge in [0.05, 0.1) is 11.0 Å². The second-order valence-electron chi connectivity index (χ2n) is 6.10. The highest BCUT2D eigenvalue weighted by Crippen LogP contribution is 2.20. The van der Waals surface area contributed by atoms with Crippen LogP contribution >= 0.6 is 11.8 Å². The van der Waals surface area contributed by atoms with Gasteiger partial charge in [-0.2, -0.15) is 15.0 Å². The minimum Gasteiger partial charge on any atom is -0.368 e. The van der Waals surface area contributed by atoms with Crippen LogP contribution in [0.4, 0.5) is 11.9 Å². The molecular weight excluding hydrogens is 312 g/mol. The van der Waals surface area contributed by atoms with Gasteiger partial charge < -0.3 is 16.0 Å². The molecular formula is C15H26N6OS. The maximum atomic E-state index is 12.3. The average molecular weight is 338 g/mol. The van der Waals surface area contributed by atoms with E-state index in [0.29, 0.717) is 23.6 Å². The van der Waals surface area contributed by atoms with Crippen LogP contribution in [0, 0.1) is 0 Å². The Morgan fingerprint density at radius 3 is 2.65 bits per heavy atom. The number of amides is 1. The van der Waals surface area contributed by atoms with E-state index < -0.39 is 0 Å². The predicted molar refractivity (Wildman–Crippen MR) is 94.3 cm³/mol. The van der Waals surface area contributed by atoms with Crippen molar-refractivity contribution in [1.29, 1.82) is 0 Å². The number of nitrogen functional groups attached to an aromatic ring is 1. The summed E-state index contributed by atoms with van der Waals surface area (Å²) in [5.41, 5.74) is 5.71. The summed E-state index contributed by atoms with van der Waals surface area (Å²) in [6, 6.07) is 0.340. The molecule has 7 nitrogen and oxygen atoms in total. The molecule has 1 aliphatic carbocycles. The molecule has 23 heavy (non-hydrogen) atoms. The number of thioether (sulfide) groups is 1. The van der Waals surface area contributed by atoms with Crippen LogP contribution in [0.15, 0.2) is 0 Å². The normalized spacial score (nSPS) is 16.8. The number of nitrogens with one attached hydrogen (secondary N) is 1. The molecule has 1 unspecified atom stereocenters. The molecule has 1 fully saturated rings. The molecule has 1 heterocycles. The maximum absolute atomic E-state index is 12.3. The topological polar surface area (TPSA) is 97.0 Å². The molecule has 0 saturated heterocycles. The zero-order chi connectivity index (χ0) is 16.8. The molecule has 8 heteroatoms. The van der Waals surface area contributed by atoms with Crippen molar-refractivity contribution in [2.45, 2.75) is 56.1 Å². The van der Waals surface area contributed by atoms with Gasteiger partial charge in [-0.05, 0) is 19.8 Å². The molecule has 1 saturated carbocycles. The minimum atomic E-state index is -0.141. The fourth-order valence-electron chi connectivity index (χ4n) is 2.53. The number of aromatic nitrogens is 3. The lowest BCUT2D eigenvalue weighted by Crippen LogP contribution is -2.40. The van der Waals surface area contributed by atoms with Crippen LogP contribution < -0.4 is 16.0 Å². The number of nitrogens with two attached hydrogens (primary N) is 1. The summed E-state index contributed by atoms with van der Waals surface area (Å²) in [5.74, 6) is 1.97. The highest BCUT2D eigenvalue weighted by molar-refractivity contribution is 7.99. The number of hydrogen-bond acceptors (Lipinski definition) is 7. The van der Waals surface area contributed by atoms with Crippen molar-refractivity contribution in [2.24, 2.45) is 0 Å². The van der Waals surface area contributed by atoms with Gasteiger partial charge in [0.15, 0.2) is 0 Å². The molecule has 1 atom stereocenters. The van der Waals surface area contributed by atoms with Gasteiger partial charge in [-0.3, -0.25) is 4.79 Å². The van der Waals surface area contributed by atoms with E-state index >= 15 is 0 Å². The van der Waals surface area contributed by atoms with Crippen LogP contribution in [-0.2, 0) is 10.5 Å². The Kier molecular flexibility index (Phi) is 6.44. The van der Waals surface area contributed by atoms with Crippen molar-refractivity contribution in [3.63, 3.8) is 0 Å². The summed E-state index contributed by atoms with van der Waals surface area (Å²) in [7, 11) is 3.71. The van der Waals surface area contributed by atoms with Crippen molar-refractivity contribution in [2.75, 3.05) is 24.7 Å². The third kappa shape index (κ3) is 5.53. The van der Waals surface area contributed by atoms with Crippen molar-refractivity contribution >= 4 is 29.6 Å². The fraction of sp³-hybridized carbons (Fsp3) is 0.733. The Hall–Kier alpha value is -1.57. The SMILES string of the molecule is CC(SCc1nc(N)nc(N(C)C)n1)C(=O)NC1CCCCC1. The first-order valence-corrected chi connectivity index (χ1v) is 9.10. The molecule has 2 rings (SSSR count). The fourth-order valence-corrected chi connectivity index (χ4v) is 3.28. The summed E-state index contributed by atoms with van der Waals surface area (Å²) in [5, 5.41) is 3.01. The van der Waals surface area contributed by atoms with Gasteiger partial charge in [0.1, 0.15) is 5.82 Å². The van der Waals surface area contributed by atoms with E-state index in [4.69, 9.17) is 5.73 Å². The van der Waals surface area contributed by atoms with Crippen molar-refractivity contribution in [3.8, 4) is 0 Å². The molecule has 0 spiro atoms. The maximum Gasteiger partial charge on any atom is 0.233 e. The Balaban J connectivity index is 1.85. The second kappa shape index (κ2) is 8.33. The quantitative estimate of drug-likeness (QED) is 0.813. The number of nitrogens with zero attached hydrogens (tertiary/aromatic N) is 4. The number of anilines is 2. The van der Waals surface area contributed by atoms with Crippen molar-refractivity contribution in [1.82, 2.24) is 20.3 Å². The van der Waals surface area contributed by atoms with Gasteiger partial charge in [0.2, 0.25) is 17.8 Å². The molecule has 1 aliphatic rings. The van der Waals surface area contributed by atoms with E-state index in [-0.39, 0.29) is 17.1 Å². The van der Waals surface area contributed by atoms with E-state index in [2.05, 4.69) is 20.3 Å². The van der Waals surface area contributed by atoms with Crippen molar-refractivity contribution in [3.05, 3.63) is 5.82 Å².